The molecule has 2 aromatic heterocycles. The summed E-state index contributed by atoms with van der Waals surface area (Å²) in [5, 5.41) is 5.32. The second kappa shape index (κ2) is 7.12. The molecule has 5 nitrogen and oxygen atoms in total. The Morgan fingerprint density at radius 3 is 2.33 bits per heavy atom. The van der Waals surface area contributed by atoms with Gasteiger partial charge in [-0.05, 0) is 69.9 Å². The predicted molar refractivity (Wildman–Crippen MR) is 110 cm³/mol. The number of anilines is 1. The van der Waals surface area contributed by atoms with E-state index in [-0.39, 0.29) is 11.7 Å². The average molecular weight is 382 g/mol. The largest absolute Gasteiger partial charge is 0.354 e. The molecule has 1 aromatic carbocycles. The van der Waals surface area contributed by atoms with Crippen LogP contribution in [0.1, 0.15) is 55.7 Å². The van der Waals surface area contributed by atoms with Gasteiger partial charge in [0, 0.05) is 22.2 Å². The Kier molecular flexibility index (Phi) is 5.02. The molecule has 0 aliphatic carbocycles. The lowest BCUT2D eigenvalue weighted by atomic mass is 9.99. The fourth-order valence-electron chi connectivity index (χ4n) is 3.36. The van der Waals surface area contributed by atoms with Gasteiger partial charge in [0.15, 0.2) is 10.9 Å². The molecule has 3 aromatic rings. The Balaban J connectivity index is 1.87. The van der Waals surface area contributed by atoms with Crippen LogP contribution >= 0.6 is 11.3 Å². The molecule has 27 heavy (non-hydrogen) atoms. The molecule has 140 valence electrons. The first-order valence-corrected chi connectivity index (χ1v) is 9.62. The van der Waals surface area contributed by atoms with Crippen molar-refractivity contribution in [1.82, 2.24) is 9.97 Å². The number of carbonyl (C=O) groups excluding carboxylic acids is 2. The highest BCUT2D eigenvalue weighted by Gasteiger charge is 2.20. The fraction of sp³-hybridized carbons (Fsp3) is 0.286. The van der Waals surface area contributed by atoms with E-state index in [2.05, 4.69) is 48.2 Å². The van der Waals surface area contributed by atoms with Crippen molar-refractivity contribution < 1.29 is 9.59 Å². The number of rotatable bonds is 4. The van der Waals surface area contributed by atoms with Gasteiger partial charge >= 0.3 is 0 Å². The summed E-state index contributed by atoms with van der Waals surface area (Å²) < 4.78 is 0. The second-order valence-corrected chi connectivity index (χ2v) is 7.78. The van der Waals surface area contributed by atoms with E-state index in [1.54, 1.807) is 13.8 Å². The predicted octanol–water partition coefficient (Wildman–Crippen LogP) is 5.14. The summed E-state index contributed by atoms with van der Waals surface area (Å²) in [4.78, 5) is 32.0. The number of H-pyrrole nitrogens is 1. The van der Waals surface area contributed by atoms with E-state index in [9.17, 15) is 9.59 Å². The molecule has 1 amide bonds. The third-order valence-corrected chi connectivity index (χ3v) is 5.62. The number of hydrogen-bond acceptors (Lipinski definition) is 4. The monoisotopic (exact) mass is 381 g/mol. The van der Waals surface area contributed by atoms with Crippen LogP contribution in [-0.4, -0.2) is 21.7 Å². The average Bonchev–Trinajstić information content (AvgIpc) is 3.15. The molecule has 0 spiro atoms. The molecular weight excluding hydrogens is 358 g/mol. The first-order chi connectivity index (χ1) is 12.7. The molecule has 0 radical (unpaired) electrons. The summed E-state index contributed by atoms with van der Waals surface area (Å²) in [6, 6.07) is 4.28. The van der Waals surface area contributed by atoms with E-state index in [1.165, 1.54) is 29.4 Å². The molecule has 0 fully saturated rings. The van der Waals surface area contributed by atoms with Crippen LogP contribution in [0.5, 0.6) is 0 Å². The van der Waals surface area contributed by atoms with E-state index >= 15 is 0 Å². The zero-order chi connectivity index (χ0) is 19.9. The van der Waals surface area contributed by atoms with Crippen molar-refractivity contribution in [3.63, 3.8) is 0 Å². The maximum absolute atomic E-state index is 12.6. The molecule has 0 aliphatic heterocycles. The number of aryl methyl sites for hydroxylation is 4. The van der Waals surface area contributed by atoms with E-state index in [0.717, 1.165) is 16.8 Å². The molecule has 0 unspecified atom stereocenters. The molecule has 0 atom stereocenters. The summed E-state index contributed by atoms with van der Waals surface area (Å²) in [6.45, 7) is 11.3. The molecule has 2 N–H and O–H groups in total. The smallest absolute Gasteiger partial charge is 0.274 e. The number of hydrogen-bond donors (Lipinski definition) is 2. The lowest BCUT2D eigenvalue weighted by molar-refractivity contribution is 0.101. The van der Waals surface area contributed by atoms with Crippen LogP contribution in [0.3, 0.4) is 0 Å². The number of aromatic nitrogens is 2. The number of amides is 1. The standard InChI is InChI=1S/C21H23N3O2S/c1-10-7-12(3)16(8-11(10)2)17-9-27-21(23-17)24-20(26)19-13(4)18(15(6)25)14(5)22-19/h7-9,22H,1-6H3,(H,23,24,26). The van der Waals surface area contributed by atoms with Gasteiger partial charge in [-0.2, -0.15) is 0 Å². The van der Waals surface area contributed by atoms with Crippen LogP contribution in [0.2, 0.25) is 0 Å². The number of aromatic amines is 1. The number of thiazole rings is 1. The zero-order valence-corrected chi connectivity index (χ0v) is 17.2. The van der Waals surface area contributed by atoms with Crippen molar-refractivity contribution in [3.8, 4) is 11.3 Å². The molecule has 0 saturated carbocycles. The lowest BCUT2D eigenvalue weighted by Crippen LogP contribution is -2.13. The normalized spacial score (nSPS) is 10.9. The number of benzene rings is 1. The Labute approximate surface area is 162 Å². The third kappa shape index (κ3) is 3.57. The fourth-order valence-corrected chi connectivity index (χ4v) is 4.06. The van der Waals surface area contributed by atoms with E-state index < -0.39 is 0 Å². The number of nitrogens with zero attached hydrogens (tertiary/aromatic N) is 1. The van der Waals surface area contributed by atoms with Gasteiger partial charge < -0.3 is 4.98 Å². The maximum Gasteiger partial charge on any atom is 0.274 e. The number of Topliss-reactive ketones (excluding diaryl/α,β-unsaturated/α-hetero) is 1. The van der Waals surface area contributed by atoms with Crippen molar-refractivity contribution in [1.29, 1.82) is 0 Å². The minimum atomic E-state index is -0.291. The van der Waals surface area contributed by atoms with Gasteiger partial charge in [-0.25, -0.2) is 4.98 Å². The van der Waals surface area contributed by atoms with Crippen molar-refractivity contribution in [2.45, 2.75) is 41.5 Å². The van der Waals surface area contributed by atoms with Gasteiger partial charge in [0.2, 0.25) is 0 Å². The van der Waals surface area contributed by atoms with Crippen LogP contribution in [0.25, 0.3) is 11.3 Å². The van der Waals surface area contributed by atoms with E-state index in [1.807, 2.05) is 5.38 Å². The van der Waals surface area contributed by atoms with Crippen molar-refractivity contribution in [2.75, 3.05) is 5.32 Å². The maximum atomic E-state index is 12.6. The summed E-state index contributed by atoms with van der Waals surface area (Å²) in [6.07, 6.45) is 0. The molecule has 3 rings (SSSR count). The second-order valence-electron chi connectivity index (χ2n) is 6.92. The van der Waals surface area contributed by atoms with Crippen LogP contribution in [0.15, 0.2) is 17.5 Å². The van der Waals surface area contributed by atoms with Crippen LogP contribution in [0.4, 0.5) is 5.13 Å². The lowest BCUT2D eigenvalue weighted by Gasteiger charge is -2.07. The summed E-state index contributed by atoms with van der Waals surface area (Å²) in [5.74, 6) is -0.345. The first kappa shape index (κ1) is 19.0. The van der Waals surface area contributed by atoms with Crippen molar-refractivity contribution >= 4 is 28.2 Å². The van der Waals surface area contributed by atoms with Crippen molar-refractivity contribution in [3.05, 3.63) is 56.7 Å². The summed E-state index contributed by atoms with van der Waals surface area (Å²) >= 11 is 1.39. The quantitative estimate of drug-likeness (QED) is 0.615. The van der Waals surface area contributed by atoms with Crippen LogP contribution in [0, 0.1) is 34.6 Å². The summed E-state index contributed by atoms with van der Waals surface area (Å²) in [7, 11) is 0. The Hall–Kier alpha value is -2.73. The highest BCUT2D eigenvalue weighted by molar-refractivity contribution is 7.14. The molecule has 0 saturated heterocycles. The molecule has 2 heterocycles. The van der Waals surface area contributed by atoms with Gasteiger partial charge in [-0.1, -0.05) is 6.07 Å². The number of ketones is 1. The Morgan fingerprint density at radius 2 is 1.70 bits per heavy atom. The number of nitrogens with one attached hydrogen (secondary N) is 2. The first-order valence-electron chi connectivity index (χ1n) is 8.74. The number of carbonyl (C=O) groups is 2. The van der Waals surface area contributed by atoms with Gasteiger partial charge in [-0.15, -0.1) is 11.3 Å². The molecule has 0 bridgehead atoms. The van der Waals surface area contributed by atoms with Gasteiger partial charge in [0.05, 0.1) is 5.69 Å². The Bertz CT molecular complexity index is 1060. The zero-order valence-electron chi connectivity index (χ0n) is 16.4. The van der Waals surface area contributed by atoms with Gasteiger partial charge in [0.1, 0.15) is 5.69 Å². The van der Waals surface area contributed by atoms with Crippen LogP contribution in [-0.2, 0) is 0 Å². The highest BCUT2D eigenvalue weighted by Crippen LogP contribution is 2.30. The minimum Gasteiger partial charge on any atom is -0.354 e. The van der Waals surface area contributed by atoms with E-state index in [0.29, 0.717) is 27.6 Å². The van der Waals surface area contributed by atoms with E-state index in [4.69, 9.17) is 0 Å². The molecule has 6 heteroatoms. The van der Waals surface area contributed by atoms with Gasteiger partial charge in [0.25, 0.3) is 5.91 Å². The molecular formula is C21H23N3O2S. The molecule has 0 aliphatic rings. The highest BCUT2D eigenvalue weighted by atomic mass is 32.1. The SMILES string of the molecule is CC(=O)c1c(C)[nH]c(C(=O)Nc2nc(-c3cc(C)c(C)cc3C)cs2)c1C. The van der Waals surface area contributed by atoms with Crippen LogP contribution < -0.4 is 5.32 Å². The topological polar surface area (TPSA) is 74.8 Å². The third-order valence-electron chi connectivity index (χ3n) is 4.86. The Morgan fingerprint density at radius 1 is 1.04 bits per heavy atom. The van der Waals surface area contributed by atoms with Crippen molar-refractivity contribution in [2.24, 2.45) is 0 Å². The van der Waals surface area contributed by atoms with Gasteiger partial charge in [-0.3, -0.25) is 14.9 Å². The summed E-state index contributed by atoms with van der Waals surface area (Å²) in [5.41, 5.74) is 7.88. The minimum absolute atomic E-state index is 0.0537.